The molecule has 180 valence electrons. The third kappa shape index (κ3) is 4.84. The molecule has 3 aromatic rings. The maximum Gasteiger partial charge on any atom is 0.263 e. The third-order valence-corrected chi connectivity index (χ3v) is 7.11. The van der Waals surface area contributed by atoms with Crippen LogP contribution in [0.5, 0.6) is 11.5 Å². The van der Waals surface area contributed by atoms with Crippen molar-refractivity contribution in [1.82, 2.24) is 4.90 Å². The van der Waals surface area contributed by atoms with E-state index in [-0.39, 0.29) is 11.5 Å². The molecule has 2 aliphatic rings. The Bertz CT molecular complexity index is 1220. The van der Waals surface area contributed by atoms with Crippen LogP contribution in [0.4, 0.5) is 0 Å². The predicted octanol–water partition coefficient (Wildman–Crippen LogP) is 6.71. The van der Waals surface area contributed by atoms with Gasteiger partial charge >= 0.3 is 0 Å². The lowest BCUT2D eigenvalue weighted by Gasteiger charge is -2.42. The molecular weight excluding hydrogens is 434 g/mol. The van der Waals surface area contributed by atoms with Gasteiger partial charge in [-0.25, -0.2) is 0 Å². The van der Waals surface area contributed by atoms with E-state index in [0.29, 0.717) is 19.0 Å². The summed E-state index contributed by atoms with van der Waals surface area (Å²) < 4.78 is 12.6. The summed E-state index contributed by atoms with van der Waals surface area (Å²) in [7, 11) is 0. The molecule has 2 heterocycles. The Hall–Kier alpha value is -3.53. The van der Waals surface area contributed by atoms with Gasteiger partial charge in [0.1, 0.15) is 17.1 Å². The minimum atomic E-state index is -0.524. The molecule has 1 fully saturated rings. The number of likely N-dealkylation sites (tertiary alicyclic amines) is 1. The summed E-state index contributed by atoms with van der Waals surface area (Å²) in [5.74, 6) is 2.08. The zero-order valence-electron chi connectivity index (χ0n) is 20.7. The van der Waals surface area contributed by atoms with Gasteiger partial charge in [0.15, 0.2) is 6.10 Å². The summed E-state index contributed by atoms with van der Waals surface area (Å²) in [6.45, 7) is 7.43. The van der Waals surface area contributed by atoms with Gasteiger partial charge < -0.3 is 14.4 Å². The van der Waals surface area contributed by atoms with Crippen molar-refractivity contribution in [3.05, 3.63) is 90.0 Å². The van der Waals surface area contributed by atoms with E-state index in [1.54, 1.807) is 0 Å². The molecule has 1 spiro atoms. The molecule has 1 saturated heterocycles. The molecule has 4 heteroatoms. The summed E-state index contributed by atoms with van der Waals surface area (Å²) >= 11 is 0. The number of amides is 1. The molecule has 3 aromatic carbocycles. The normalized spacial score (nSPS) is 17.1. The number of hydrogen-bond acceptors (Lipinski definition) is 3. The highest BCUT2D eigenvalue weighted by Gasteiger charge is 2.39. The van der Waals surface area contributed by atoms with Crippen LogP contribution in [0, 0.1) is 0 Å². The van der Waals surface area contributed by atoms with Crippen molar-refractivity contribution >= 4 is 12.0 Å². The molecule has 0 aromatic heterocycles. The standard InChI is InChI=1S/C31H33NO3/c1-22(2)27-11-7-8-12-29(27)34-23(3)30(33)32-19-17-31(18-20-32)16-15-26-21-25(13-14-28(26)35-31)24-9-5-4-6-10-24/h4-16,21-23H,17-20H2,1-3H3. The highest BCUT2D eigenvalue weighted by molar-refractivity contribution is 5.81. The van der Waals surface area contributed by atoms with E-state index < -0.39 is 6.10 Å². The lowest BCUT2D eigenvalue weighted by molar-refractivity contribution is -0.140. The molecule has 2 aliphatic heterocycles. The number of rotatable bonds is 5. The quantitative estimate of drug-likeness (QED) is 0.418. The van der Waals surface area contributed by atoms with Crippen LogP contribution in [-0.2, 0) is 4.79 Å². The number of carbonyl (C=O) groups excluding carboxylic acids is 1. The second kappa shape index (κ2) is 9.61. The SMILES string of the molecule is CC(Oc1ccccc1C(C)C)C(=O)N1CCC2(C=Cc3cc(-c4ccccc4)ccc3O2)CC1. The summed E-state index contributed by atoms with van der Waals surface area (Å²) in [5, 5.41) is 0. The molecule has 0 saturated carbocycles. The molecule has 5 rings (SSSR count). The van der Waals surface area contributed by atoms with Crippen molar-refractivity contribution in [1.29, 1.82) is 0 Å². The largest absolute Gasteiger partial charge is 0.482 e. The minimum absolute atomic E-state index is 0.0334. The first-order valence-corrected chi connectivity index (χ1v) is 12.6. The van der Waals surface area contributed by atoms with Gasteiger partial charge in [-0.15, -0.1) is 0 Å². The lowest BCUT2D eigenvalue weighted by Crippen LogP contribution is -2.51. The maximum atomic E-state index is 13.2. The Kier molecular flexibility index (Phi) is 6.38. The molecule has 0 bridgehead atoms. The first kappa shape index (κ1) is 23.2. The van der Waals surface area contributed by atoms with Crippen LogP contribution >= 0.6 is 0 Å². The monoisotopic (exact) mass is 467 g/mol. The number of benzene rings is 3. The van der Waals surface area contributed by atoms with E-state index in [2.05, 4.69) is 74.5 Å². The van der Waals surface area contributed by atoms with E-state index in [9.17, 15) is 4.79 Å². The minimum Gasteiger partial charge on any atom is -0.482 e. The summed E-state index contributed by atoms with van der Waals surface area (Å²) in [5.41, 5.74) is 4.25. The van der Waals surface area contributed by atoms with Gasteiger partial charge in [0.2, 0.25) is 0 Å². The Morgan fingerprint density at radius 2 is 1.63 bits per heavy atom. The number of hydrogen-bond donors (Lipinski definition) is 0. The van der Waals surface area contributed by atoms with Crippen molar-refractivity contribution in [2.45, 2.75) is 51.2 Å². The van der Waals surface area contributed by atoms with Crippen LogP contribution in [0.25, 0.3) is 17.2 Å². The zero-order chi connectivity index (χ0) is 24.4. The highest BCUT2D eigenvalue weighted by atomic mass is 16.5. The topological polar surface area (TPSA) is 38.8 Å². The Morgan fingerprint density at radius 1 is 0.914 bits per heavy atom. The Labute approximate surface area is 208 Å². The smallest absolute Gasteiger partial charge is 0.263 e. The van der Waals surface area contributed by atoms with Crippen molar-refractivity contribution in [2.75, 3.05) is 13.1 Å². The number of carbonyl (C=O) groups is 1. The van der Waals surface area contributed by atoms with E-state index in [0.717, 1.165) is 35.5 Å². The van der Waals surface area contributed by atoms with E-state index in [1.165, 1.54) is 11.1 Å². The third-order valence-electron chi connectivity index (χ3n) is 7.11. The molecule has 1 amide bonds. The second-order valence-electron chi connectivity index (χ2n) is 9.90. The molecule has 0 N–H and O–H groups in total. The summed E-state index contributed by atoms with van der Waals surface area (Å²) in [6.07, 6.45) is 5.38. The fourth-order valence-corrected chi connectivity index (χ4v) is 5.01. The molecule has 4 nitrogen and oxygen atoms in total. The molecule has 0 aliphatic carbocycles. The van der Waals surface area contributed by atoms with Gasteiger partial charge in [-0.2, -0.15) is 0 Å². The van der Waals surface area contributed by atoms with Crippen LogP contribution < -0.4 is 9.47 Å². The zero-order valence-corrected chi connectivity index (χ0v) is 20.7. The van der Waals surface area contributed by atoms with Gasteiger partial charge in [0, 0.05) is 31.5 Å². The van der Waals surface area contributed by atoms with Crippen LogP contribution in [0.1, 0.15) is 50.7 Å². The van der Waals surface area contributed by atoms with Crippen molar-refractivity contribution < 1.29 is 14.3 Å². The molecule has 1 unspecified atom stereocenters. The number of para-hydroxylation sites is 1. The number of piperidine rings is 1. The number of ether oxygens (including phenoxy) is 2. The maximum absolute atomic E-state index is 13.2. The molecular formula is C31H33NO3. The summed E-state index contributed by atoms with van der Waals surface area (Å²) in [6, 6.07) is 24.7. The molecule has 35 heavy (non-hydrogen) atoms. The van der Waals surface area contributed by atoms with Crippen molar-refractivity contribution in [2.24, 2.45) is 0 Å². The van der Waals surface area contributed by atoms with Gasteiger partial charge in [-0.1, -0.05) is 74.5 Å². The average molecular weight is 468 g/mol. The van der Waals surface area contributed by atoms with Crippen molar-refractivity contribution in [3.8, 4) is 22.6 Å². The highest BCUT2D eigenvalue weighted by Crippen LogP contribution is 2.39. The van der Waals surface area contributed by atoms with E-state index in [1.807, 2.05) is 36.1 Å². The fraction of sp³-hybridized carbons (Fsp3) is 0.323. The average Bonchev–Trinajstić information content (AvgIpc) is 2.89. The van der Waals surface area contributed by atoms with Crippen molar-refractivity contribution in [3.63, 3.8) is 0 Å². The van der Waals surface area contributed by atoms with Crippen LogP contribution in [-0.4, -0.2) is 35.6 Å². The van der Waals surface area contributed by atoms with Gasteiger partial charge in [-0.3, -0.25) is 4.79 Å². The first-order valence-electron chi connectivity index (χ1n) is 12.6. The van der Waals surface area contributed by atoms with Gasteiger partial charge in [-0.05, 0) is 53.8 Å². The number of nitrogens with zero attached hydrogens (tertiary/aromatic N) is 1. The molecule has 0 radical (unpaired) electrons. The fourth-order valence-electron chi connectivity index (χ4n) is 5.01. The Balaban J connectivity index is 1.22. The van der Waals surface area contributed by atoms with Gasteiger partial charge in [0.25, 0.3) is 5.91 Å². The second-order valence-corrected chi connectivity index (χ2v) is 9.90. The lowest BCUT2D eigenvalue weighted by atomic mass is 9.87. The van der Waals surface area contributed by atoms with E-state index in [4.69, 9.17) is 9.47 Å². The summed E-state index contributed by atoms with van der Waals surface area (Å²) in [4.78, 5) is 15.1. The predicted molar refractivity (Wildman–Crippen MR) is 141 cm³/mol. The number of fused-ring (bicyclic) bond motifs is 1. The molecule has 1 atom stereocenters. The van der Waals surface area contributed by atoms with Crippen LogP contribution in [0.3, 0.4) is 0 Å². The van der Waals surface area contributed by atoms with E-state index >= 15 is 0 Å². The first-order chi connectivity index (χ1) is 16.9. The van der Waals surface area contributed by atoms with Crippen LogP contribution in [0.2, 0.25) is 0 Å². The Morgan fingerprint density at radius 3 is 2.37 bits per heavy atom. The van der Waals surface area contributed by atoms with Gasteiger partial charge in [0.05, 0.1) is 0 Å². The van der Waals surface area contributed by atoms with Crippen LogP contribution in [0.15, 0.2) is 78.9 Å².